The van der Waals surface area contributed by atoms with Crippen molar-refractivity contribution in [1.29, 1.82) is 0 Å². The van der Waals surface area contributed by atoms with Crippen molar-refractivity contribution >= 4 is 43.6 Å². The summed E-state index contributed by atoms with van der Waals surface area (Å²) in [6, 6.07) is 12.0. The minimum atomic E-state index is -3.72. The van der Waals surface area contributed by atoms with E-state index in [9.17, 15) is 13.2 Å². The molecule has 1 amide bonds. The number of hydrogen-bond donors (Lipinski definition) is 1. The fourth-order valence-electron chi connectivity index (χ4n) is 2.22. The Balaban J connectivity index is 2.26. The van der Waals surface area contributed by atoms with Crippen LogP contribution in [-0.2, 0) is 14.8 Å². The molecule has 144 valence electrons. The Hall–Kier alpha value is -2.16. The van der Waals surface area contributed by atoms with Crippen LogP contribution in [0.4, 0.5) is 5.69 Å². The number of nitrogens with one attached hydrogen (secondary N) is 1. The van der Waals surface area contributed by atoms with Crippen molar-refractivity contribution in [2.24, 2.45) is 0 Å². The van der Waals surface area contributed by atoms with E-state index in [1.807, 2.05) is 24.3 Å². The van der Waals surface area contributed by atoms with Crippen LogP contribution in [0, 0.1) is 0 Å². The summed E-state index contributed by atoms with van der Waals surface area (Å²) in [6.45, 7) is 2.10. The molecule has 0 saturated carbocycles. The molecule has 0 fully saturated rings. The SMILES string of the molecule is CCOc1ccc(NC(=O)/C=C/c2ccccc2Br)cc1S(=O)(=O)N(C)C. The summed E-state index contributed by atoms with van der Waals surface area (Å²) in [5.74, 6) is -0.129. The first-order valence-electron chi connectivity index (χ1n) is 8.18. The van der Waals surface area contributed by atoms with Gasteiger partial charge in [-0.3, -0.25) is 4.79 Å². The van der Waals surface area contributed by atoms with Crippen LogP contribution in [0.25, 0.3) is 6.08 Å². The van der Waals surface area contributed by atoms with Crippen LogP contribution in [0.15, 0.2) is 57.9 Å². The lowest BCUT2D eigenvalue weighted by molar-refractivity contribution is -0.111. The van der Waals surface area contributed by atoms with Gasteiger partial charge >= 0.3 is 0 Å². The lowest BCUT2D eigenvalue weighted by Crippen LogP contribution is -2.23. The zero-order valence-electron chi connectivity index (χ0n) is 15.3. The molecule has 1 N–H and O–H groups in total. The molecule has 0 bridgehead atoms. The van der Waals surface area contributed by atoms with Gasteiger partial charge in [-0.15, -0.1) is 0 Å². The molecule has 0 atom stereocenters. The van der Waals surface area contributed by atoms with Crippen molar-refractivity contribution in [2.45, 2.75) is 11.8 Å². The number of carbonyl (C=O) groups is 1. The minimum Gasteiger partial charge on any atom is -0.492 e. The van der Waals surface area contributed by atoms with Gasteiger partial charge in [0.25, 0.3) is 0 Å². The normalized spacial score (nSPS) is 11.7. The van der Waals surface area contributed by atoms with Gasteiger partial charge in [0.2, 0.25) is 15.9 Å². The smallest absolute Gasteiger partial charge is 0.248 e. The maximum atomic E-state index is 12.5. The summed E-state index contributed by atoms with van der Waals surface area (Å²) in [4.78, 5) is 12.2. The van der Waals surface area contributed by atoms with Gasteiger partial charge in [-0.2, -0.15) is 0 Å². The van der Waals surface area contributed by atoms with Gasteiger partial charge in [0, 0.05) is 30.3 Å². The second-order valence-corrected chi connectivity index (χ2v) is 8.70. The Morgan fingerprint density at radius 2 is 1.93 bits per heavy atom. The highest BCUT2D eigenvalue weighted by Gasteiger charge is 2.23. The van der Waals surface area contributed by atoms with Crippen molar-refractivity contribution in [3.63, 3.8) is 0 Å². The number of benzene rings is 2. The number of carbonyl (C=O) groups excluding carboxylic acids is 1. The molecule has 0 radical (unpaired) electrons. The molecule has 0 saturated heterocycles. The van der Waals surface area contributed by atoms with Crippen LogP contribution in [0.5, 0.6) is 5.75 Å². The number of sulfonamides is 1. The predicted octanol–water partition coefficient (Wildman–Crippen LogP) is 3.75. The van der Waals surface area contributed by atoms with E-state index in [1.54, 1.807) is 19.1 Å². The molecule has 0 aliphatic heterocycles. The molecule has 2 rings (SSSR count). The average Bonchev–Trinajstić information content (AvgIpc) is 2.62. The van der Waals surface area contributed by atoms with Gasteiger partial charge in [0.1, 0.15) is 10.6 Å². The Labute approximate surface area is 168 Å². The van der Waals surface area contributed by atoms with E-state index >= 15 is 0 Å². The van der Waals surface area contributed by atoms with Gasteiger partial charge < -0.3 is 10.1 Å². The topological polar surface area (TPSA) is 75.7 Å². The number of nitrogens with zero attached hydrogens (tertiary/aromatic N) is 1. The van der Waals surface area contributed by atoms with Crippen molar-refractivity contribution in [3.05, 3.63) is 58.6 Å². The molecule has 6 nitrogen and oxygen atoms in total. The number of halogens is 1. The van der Waals surface area contributed by atoms with Crippen molar-refractivity contribution in [3.8, 4) is 5.75 Å². The number of anilines is 1. The quantitative estimate of drug-likeness (QED) is 0.648. The highest BCUT2D eigenvalue weighted by Crippen LogP contribution is 2.29. The van der Waals surface area contributed by atoms with Crippen LogP contribution < -0.4 is 10.1 Å². The van der Waals surface area contributed by atoms with Gasteiger partial charge in [0.15, 0.2) is 0 Å². The summed E-state index contributed by atoms with van der Waals surface area (Å²) in [5.41, 5.74) is 1.22. The molecule has 2 aromatic rings. The first-order chi connectivity index (χ1) is 12.8. The zero-order chi connectivity index (χ0) is 20.0. The Morgan fingerprint density at radius 3 is 2.56 bits per heavy atom. The molecule has 27 heavy (non-hydrogen) atoms. The average molecular weight is 453 g/mol. The van der Waals surface area contributed by atoms with Crippen LogP contribution in [-0.4, -0.2) is 39.3 Å². The highest BCUT2D eigenvalue weighted by atomic mass is 79.9. The lowest BCUT2D eigenvalue weighted by atomic mass is 10.2. The third-order valence-electron chi connectivity index (χ3n) is 3.59. The van der Waals surface area contributed by atoms with Gasteiger partial charge in [-0.25, -0.2) is 12.7 Å². The molecule has 8 heteroatoms. The summed E-state index contributed by atoms with van der Waals surface area (Å²) < 4.78 is 32.4. The Bertz CT molecular complexity index is 956. The van der Waals surface area contributed by atoms with Gasteiger partial charge in [0.05, 0.1) is 6.61 Å². The maximum absolute atomic E-state index is 12.5. The first kappa shape index (κ1) is 21.1. The Kier molecular flexibility index (Phi) is 7.18. The molecular formula is C19H21BrN2O4S. The molecular weight excluding hydrogens is 432 g/mol. The second-order valence-electron chi connectivity index (χ2n) is 5.73. The number of ether oxygens (including phenoxy) is 1. The Morgan fingerprint density at radius 1 is 1.22 bits per heavy atom. The summed E-state index contributed by atoms with van der Waals surface area (Å²) in [6.07, 6.45) is 3.06. The van der Waals surface area contributed by atoms with Crippen molar-refractivity contribution in [1.82, 2.24) is 4.31 Å². The number of rotatable bonds is 7. The van der Waals surface area contributed by atoms with Crippen LogP contribution in [0.2, 0.25) is 0 Å². The monoisotopic (exact) mass is 452 g/mol. The largest absolute Gasteiger partial charge is 0.492 e. The first-order valence-corrected chi connectivity index (χ1v) is 10.4. The minimum absolute atomic E-state index is 0.00179. The fourth-order valence-corrected chi connectivity index (χ4v) is 3.69. The summed E-state index contributed by atoms with van der Waals surface area (Å²) in [7, 11) is -0.834. The molecule has 0 aromatic heterocycles. The van der Waals surface area contributed by atoms with E-state index in [1.165, 1.54) is 32.3 Å². The third-order valence-corrected chi connectivity index (χ3v) is 6.15. The standard InChI is InChI=1S/C19H21BrN2O4S/c1-4-26-17-11-10-15(13-18(17)27(24,25)22(2)3)21-19(23)12-9-14-7-5-6-8-16(14)20/h5-13H,4H2,1-3H3,(H,21,23)/b12-9+. The van der Waals surface area contributed by atoms with E-state index < -0.39 is 10.0 Å². The fraction of sp³-hybridized carbons (Fsp3) is 0.211. The summed E-state index contributed by atoms with van der Waals surface area (Å²) >= 11 is 3.41. The highest BCUT2D eigenvalue weighted by molar-refractivity contribution is 9.10. The van der Waals surface area contributed by atoms with E-state index in [4.69, 9.17) is 4.74 Å². The number of hydrogen-bond acceptors (Lipinski definition) is 4. The van der Waals surface area contributed by atoms with E-state index in [0.717, 1.165) is 14.3 Å². The van der Waals surface area contributed by atoms with Crippen LogP contribution in [0.3, 0.4) is 0 Å². The van der Waals surface area contributed by atoms with E-state index in [-0.39, 0.29) is 16.6 Å². The maximum Gasteiger partial charge on any atom is 0.248 e. The van der Waals surface area contributed by atoms with Gasteiger partial charge in [-0.05, 0) is 42.8 Å². The summed E-state index contributed by atoms with van der Waals surface area (Å²) in [5, 5.41) is 2.67. The third kappa shape index (κ3) is 5.41. The molecule has 0 spiro atoms. The van der Waals surface area contributed by atoms with Crippen molar-refractivity contribution < 1.29 is 17.9 Å². The molecule has 2 aromatic carbocycles. The molecule has 0 aliphatic rings. The van der Waals surface area contributed by atoms with Crippen LogP contribution in [0.1, 0.15) is 12.5 Å². The molecule has 0 aliphatic carbocycles. The number of amides is 1. The van der Waals surface area contributed by atoms with Gasteiger partial charge in [-0.1, -0.05) is 34.1 Å². The second kappa shape index (κ2) is 9.16. The molecule has 0 unspecified atom stereocenters. The lowest BCUT2D eigenvalue weighted by Gasteiger charge is -2.16. The molecule has 0 heterocycles. The van der Waals surface area contributed by atoms with Crippen LogP contribution >= 0.6 is 15.9 Å². The van der Waals surface area contributed by atoms with E-state index in [2.05, 4.69) is 21.2 Å². The predicted molar refractivity (Wildman–Crippen MR) is 110 cm³/mol. The van der Waals surface area contributed by atoms with Crippen molar-refractivity contribution in [2.75, 3.05) is 26.0 Å². The zero-order valence-corrected chi connectivity index (χ0v) is 17.7. The van der Waals surface area contributed by atoms with E-state index in [0.29, 0.717) is 12.3 Å².